The summed E-state index contributed by atoms with van der Waals surface area (Å²) in [4.78, 5) is 22.6. The van der Waals surface area contributed by atoms with Crippen molar-refractivity contribution < 1.29 is 9.53 Å². The Morgan fingerprint density at radius 3 is 2.97 bits per heavy atom. The summed E-state index contributed by atoms with van der Waals surface area (Å²) in [5.41, 5.74) is 0.702. The van der Waals surface area contributed by atoms with E-state index >= 15 is 0 Å². The molecular formula is C21H29ClN4O2S. The quantitative estimate of drug-likeness (QED) is 0.660. The number of hydrogen-bond acceptors (Lipinski definition) is 6. The number of carbonyl (C=O) groups is 1. The number of halogens is 1. The first-order valence-corrected chi connectivity index (χ1v) is 11.1. The highest BCUT2D eigenvalue weighted by molar-refractivity contribution is 7.15. The summed E-state index contributed by atoms with van der Waals surface area (Å²) in [5, 5.41) is 4.47. The number of carbonyl (C=O) groups excluding carboxylic acids is 1. The number of methoxy groups -OCH3 is 1. The van der Waals surface area contributed by atoms with E-state index < -0.39 is 0 Å². The molecule has 1 aromatic heterocycles. The number of hydrogen-bond donors (Lipinski definition) is 1. The van der Waals surface area contributed by atoms with Gasteiger partial charge in [-0.25, -0.2) is 4.98 Å². The maximum absolute atomic E-state index is 12.3. The highest BCUT2D eigenvalue weighted by Gasteiger charge is 2.21. The fraction of sp³-hybridized carbons (Fsp3) is 0.524. The summed E-state index contributed by atoms with van der Waals surface area (Å²) in [6, 6.07) is 5.29. The van der Waals surface area contributed by atoms with Gasteiger partial charge in [0.2, 0.25) is 5.91 Å². The molecule has 2 heterocycles. The molecule has 0 bridgehead atoms. The van der Waals surface area contributed by atoms with E-state index in [1.165, 1.54) is 17.7 Å². The smallest absolute Gasteiger partial charge is 0.224 e. The molecule has 1 atom stereocenters. The van der Waals surface area contributed by atoms with E-state index in [9.17, 15) is 4.79 Å². The van der Waals surface area contributed by atoms with Gasteiger partial charge in [-0.1, -0.05) is 11.6 Å². The second kappa shape index (κ2) is 10.3. The van der Waals surface area contributed by atoms with Crippen molar-refractivity contribution in [2.24, 2.45) is 5.92 Å². The van der Waals surface area contributed by atoms with Crippen molar-refractivity contribution in [2.75, 3.05) is 44.5 Å². The van der Waals surface area contributed by atoms with Gasteiger partial charge in [-0.15, -0.1) is 11.3 Å². The van der Waals surface area contributed by atoms with Crippen molar-refractivity contribution in [3.05, 3.63) is 34.3 Å². The number of thiazole rings is 1. The van der Waals surface area contributed by atoms with Crippen molar-refractivity contribution in [1.29, 1.82) is 0 Å². The molecule has 0 saturated carbocycles. The van der Waals surface area contributed by atoms with Gasteiger partial charge >= 0.3 is 0 Å². The van der Waals surface area contributed by atoms with Gasteiger partial charge in [0.1, 0.15) is 5.75 Å². The second-order valence-corrected chi connectivity index (χ2v) is 9.18. The molecule has 158 valence electrons. The first-order chi connectivity index (χ1) is 13.9. The molecule has 1 aliphatic heterocycles. The number of benzene rings is 1. The van der Waals surface area contributed by atoms with Gasteiger partial charge in [-0.05, 0) is 49.9 Å². The van der Waals surface area contributed by atoms with Crippen molar-refractivity contribution >= 4 is 39.7 Å². The summed E-state index contributed by atoms with van der Waals surface area (Å²) in [6.45, 7) is 3.09. The Morgan fingerprint density at radius 2 is 2.28 bits per heavy atom. The monoisotopic (exact) mass is 436 g/mol. The number of aromatic nitrogens is 1. The number of rotatable bonds is 8. The van der Waals surface area contributed by atoms with Crippen molar-refractivity contribution in [3.8, 4) is 5.75 Å². The molecule has 0 aliphatic carbocycles. The molecule has 2 aromatic rings. The van der Waals surface area contributed by atoms with Crippen LogP contribution in [0.25, 0.3) is 0 Å². The van der Waals surface area contributed by atoms with Crippen LogP contribution < -0.4 is 15.0 Å². The maximum atomic E-state index is 12.3. The molecule has 6 nitrogen and oxygen atoms in total. The van der Waals surface area contributed by atoms with E-state index in [2.05, 4.69) is 15.2 Å². The number of amides is 1. The van der Waals surface area contributed by atoms with E-state index in [-0.39, 0.29) is 5.91 Å². The zero-order chi connectivity index (χ0) is 20.8. The zero-order valence-electron chi connectivity index (χ0n) is 17.3. The largest absolute Gasteiger partial charge is 0.495 e. The lowest BCUT2D eigenvalue weighted by Crippen LogP contribution is -2.35. The first-order valence-electron chi connectivity index (χ1n) is 9.92. The predicted molar refractivity (Wildman–Crippen MR) is 120 cm³/mol. The van der Waals surface area contributed by atoms with Crippen LogP contribution in [-0.2, 0) is 11.3 Å². The van der Waals surface area contributed by atoms with E-state index in [1.54, 1.807) is 30.6 Å². The Kier molecular flexibility index (Phi) is 7.75. The lowest BCUT2D eigenvalue weighted by Gasteiger charge is -2.32. The molecule has 0 spiro atoms. The topological polar surface area (TPSA) is 57.7 Å². The molecule has 29 heavy (non-hydrogen) atoms. The lowest BCUT2D eigenvalue weighted by molar-refractivity contribution is -0.116. The van der Waals surface area contributed by atoms with Gasteiger partial charge in [-0.3, -0.25) is 9.69 Å². The Hall–Kier alpha value is -1.83. The third kappa shape index (κ3) is 6.32. The zero-order valence-corrected chi connectivity index (χ0v) is 18.9. The minimum atomic E-state index is 0.0291. The summed E-state index contributed by atoms with van der Waals surface area (Å²) >= 11 is 7.87. The number of nitrogens with one attached hydrogen (secondary N) is 1. The molecule has 1 amide bonds. The van der Waals surface area contributed by atoms with Gasteiger partial charge in [0.05, 0.1) is 12.1 Å². The highest BCUT2D eigenvalue weighted by atomic mass is 35.5. The average molecular weight is 437 g/mol. The lowest BCUT2D eigenvalue weighted by atomic mass is 9.93. The van der Waals surface area contributed by atoms with E-state index in [4.69, 9.17) is 16.3 Å². The summed E-state index contributed by atoms with van der Waals surface area (Å²) in [5.74, 6) is 1.18. The fourth-order valence-electron chi connectivity index (χ4n) is 3.63. The summed E-state index contributed by atoms with van der Waals surface area (Å²) < 4.78 is 5.14. The van der Waals surface area contributed by atoms with Crippen LogP contribution in [0.3, 0.4) is 0 Å². The first kappa shape index (κ1) is 21.9. The molecule has 1 saturated heterocycles. The van der Waals surface area contributed by atoms with Crippen LogP contribution in [-0.4, -0.2) is 50.1 Å². The van der Waals surface area contributed by atoms with E-state index in [0.29, 0.717) is 28.8 Å². The highest BCUT2D eigenvalue weighted by Crippen LogP contribution is 2.28. The van der Waals surface area contributed by atoms with Crippen LogP contribution in [0.1, 0.15) is 30.6 Å². The van der Waals surface area contributed by atoms with Gasteiger partial charge in [0.25, 0.3) is 0 Å². The third-order valence-corrected chi connectivity index (χ3v) is 6.57. The third-order valence-electron chi connectivity index (χ3n) is 5.12. The molecule has 1 aromatic carbocycles. The molecule has 1 fully saturated rings. The van der Waals surface area contributed by atoms with Gasteiger partial charge < -0.3 is 15.0 Å². The Morgan fingerprint density at radius 1 is 1.45 bits per heavy atom. The van der Waals surface area contributed by atoms with Crippen LogP contribution in [0.5, 0.6) is 5.75 Å². The number of ether oxygens (including phenoxy) is 1. The van der Waals surface area contributed by atoms with Crippen LogP contribution >= 0.6 is 22.9 Å². The Balaban J connectivity index is 1.45. The fourth-order valence-corrected chi connectivity index (χ4v) is 4.76. The van der Waals surface area contributed by atoms with Crippen LogP contribution in [0, 0.1) is 5.92 Å². The normalized spacial score (nSPS) is 17.2. The second-order valence-electron chi connectivity index (χ2n) is 7.68. The number of piperidine rings is 1. The molecule has 1 aliphatic rings. The molecule has 0 radical (unpaired) electrons. The molecular weight excluding hydrogens is 408 g/mol. The molecule has 3 rings (SSSR count). The average Bonchev–Trinajstić information content (AvgIpc) is 3.16. The number of nitrogens with zero attached hydrogens (tertiary/aromatic N) is 3. The summed E-state index contributed by atoms with van der Waals surface area (Å²) in [6.07, 6.45) is 5.77. The van der Waals surface area contributed by atoms with Gasteiger partial charge in [0.15, 0.2) is 5.13 Å². The SMILES string of the molecule is COc1ccc(NC(=O)CC[C@@H]2CCCN(Cc3cnc(N(C)C)s3)C2)cc1Cl. The number of likely N-dealkylation sites (tertiary alicyclic amines) is 1. The van der Waals surface area contributed by atoms with E-state index in [1.807, 2.05) is 31.3 Å². The van der Waals surface area contributed by atoms with Crippen molar-refractivity contribution in [2.45, 2.75) is 32.2 Å². The van der Waals surface area contributed by atoms with Crippen LogP contribution in [0.4, 0.5) is 10.8 Å². The number of anilines is 2. The van der Waals surface area contributed by atoms with E-state index in [0.717, 1.165) is 31.2 Å². The van der Waals surface area contributed by atoms with Crippen molar-refractivity contribution in [3.63, 3.8) is 0 Å². The predicted octanol–water partition coefficient (Wildman–Crippen LogP) is 4.50. The van der Waals surface area contributed by atoms with Gasteiger partial charge in [-0.2, -0.15) is 0 Å². The minimum absolute atomic E-state index is 0.0291. The Bertz CT molecular complexity index is 827. The van der Waals surface area contributed by atoms with Crippen molar-refractivity contribution in [1.82, 2.24) is 9.88 Å². The standard InChI is InChI=1S/C21H29ClN4O2S/c1-25(2)21-23-12-17(29-21)14-26-10-4-5-15(13-26)6-9-20(27)24-16-7-8-19(28-3)18(22)11-16/h7-8,11-12,15H,4-6,9-10,13-14H2,1-3H3,(H,24,27)/t15-/m0/s1. The van der Waals surface area contributed by atoms with Crippen LogP contribution in [0.2, 0.25) is 5.02 Å². The molecule has 1 N–H and O–H groups in total. The van der Waals surface area contributed by atoms with Gasteiger partial charge in [0, 0.05) is 50.4 Å². The summed E-state index contributed by atoms with van der Waals surface area (Å²) in [7, 11) is 5.61. The molecule has 8 heteroatoms. The van der Waals surface area contributed by atoms with Crippen LogP contribution in [0.15, 0.2) is 24.4 Å². The molecule has 0 unspecified atom stereocenters. The minimum Gasteiger partial charge on any atom is -0.495 e. The Labute approximate surface area is 181 Å². The maximum Gasteiger partial charge on any atom is 0.224 e.